The van der Waals surface area contributed by atoms with Gasteiger partial charge < -0.3 is 20.1 Å². The zero-order valence-electron chi connectivity index (χ0n) is 18.3. The Hall–Kier alpha value is -1.54. The second-order valence-corrected chi connectivity index (χ2v) is 10.8. The lowest BCUT2D eigenvalue weighted by Crippen LogP contribution is -2.55. The third-order valence-electron chi connectivity index (χ3n) is 6.80. The maximum atomic E-state index is 13.2. The third kappa shape index (κ3) is 4.69. The summed E-state index contributed by atoms with van der Waals surface area (Å²) in [6, 6.07) is 0.456. The van der Waals surface area contributed by atoms with Gasteiger partial charge >= 0.3 is 0 Å². The zero-order chi connectivity index (χ0) is 21.3. The van der Waals surface area contributed by atoms with Gasteiger partial charge in [0, 0.05) is 49.4 Å². The molecular formula is C22H35N5O2S. The number of fused-ring (bicyclic) bond motifs is 1. The Bertz CT molecular complexity index is 758. The van der Waals surface area contributed by atoms with Crippen LogP contribution in [0.15, 0.2) is 17.6 Å². The minimum Gasteiger partial charge on any atom is -0.353 e. The van der Waals surface area contributed by atoms with E-state index >= 15 is 0 Å². The van der Waals surface area contributed by atoms with Gasteiger partial charge in [-0.25, -0.2) is 4.98 Å². The van der Waals surface area contributed by atoms with Crippen LogP contribution < -0.4 is 10.6 Å². The van der Waals surface area contributed by atoms with E-state index in [1.54, 1.807) is 0 Å². The summed E-state index contributed by atoms with van der Waals surface area (Å²) in [6.07, 6.45) is 9.74. The summed E-state index contributed by atoms with van der Waals surface area (Å²) >= 11 is 1.85. The predicted molar refractivity (Wildman–Crippen MR) is 118 cm³/mol. The molecule has 166 valence electrons. The van der Waals surface area contributed by atoms with Crippen LogP contribution in [-0.2, 0) is 16.6 Å². The lowest BCUT2D eigenvalue weighted by Gasteiger charge is -2.36. The molecule has 3 fully saturated rings. The fourth-order valence-corrected chi connectivity index (χ4v) is 6.48. The van der Waals surface area contributed by atoms with Gasteiger partial charge in [0.1, 0.15) is 0 Å². The summed E-state index contributed by atoms with van der Waals surface area (Å²) in [5, 5.41) is 8.20. The maximum absolute atomic E-state index is 13.2. The van der Waals surface area contributed by atoms with E-state index in [4.69, 9.17) is 0 Å². The van der Waals surface area contributed by atoms with Crippen molar-refractivity contribution in [1.29, 1.82) is 0 Å². The molecule has 2 saturated heterocycles. The van der Waals surface area contributed by atoms with Gasteiger partial charge in [0.05, 0.1) is 12.5 Å². The molecule has 0 aromatic carbocycles. The summed E-state index contributed by atoms with van der Waals surface area (Å²) in [5.41, 5.74) is 0. The van der Waals surface area contributed by atoms with E-state index in [0.29, 0.717) is 17.7 Å². The smallest absolute Gasteiger partial charge is 0.237 e. The van der Waals surface area contributed by atoms with E-state index in [9.17, 15) is 9.59 Å². The van der Waals surface area contributed by atoms with Crippen LogP contribution in [0.25, 0.3) is 0 Å². The summed E-state index contributed by atoms with van der Waals surface area (Å²) in [5.74, 6) is 0.688. The lowest BCUT2D eigenvalue weighted by molar-refractivity contribution is -0.136. The van der Waals surface area contributed by atoms with Gasteiger partial charge in [0.15, 0.2) is 5.16 Å². The summed E-state index contributed by atoms with van der Waals surface area (Å²) in [6.45, 7) is 5.56. The molecule has 3 aliphatic rings. The highest BCUT2D eigenvalue weighted by Crippen LogP contribution is 2.36. The molecule has 1 aromatic rings. The van der Waals surface area contributed by atoms with Crippen LogP contribution >= 0.6 is 11.8 Å². The number of thioether (sulfide) groups is 1. The minimum atomic E-state index is -0.0825. The van der Waals surface area contributed by atoms with Gasteiger partial charge in [-0.2, -0.15) is 0 Å². The highest BCUT2D eigenvalue weighted by atomic mass is 32.2. The first-order valence-electron chi connectivity index (χ1n) is 11.4. The van der Waals surface area contributed by atoms with Crippen molar-refractivity contribution in [3.05, 3.63) is 12.4 Å². The highest BCUT2D eigenvalue weighted by Gasteiger charge is 2.48. The standard InChI is InChI=1S/C22H35N5O2S/c1-14(2)10-19-18(11-16-12-23-13-20(28)27(16)19)21(29)25-15-4-6-17(7-5-15)30-22-24-8-9-26(22)3/h8-9,14-19,23H,4-7,10-13H2,1-3H3,(H,25,29)/t15?,16-,17?,18-,19-/m1/s1. The van der Waals surface area contributed by atoms with Crippen molar-refractivity contribution in [2.24, 2.45) is 18.9 Å². The number of aryl methyl sites for hydroxylation is 1. The van der Waals surface area contributed by atoms with Crippen molar-refractivity contribution in [2.75, 3.05) is 13.1 Å². The van der Waals surface area contributed by atoms with Crippen LogP contribution in [-0.4, -0.2) is 62.7 Å². The van der Waals surface area contributed by atoms with E-state index in [0.717, 1.165) is 50.2 Å². The van der Waals surface area contributed by atoms with Crippen LogP contribution in [0.5, 0.6) is 0 Å². The summed E-state index contributed by atoms with van der Waals surface area (Å²) in [7, 11) is 2.03. The van der Waals surface area contributed by atoms with E-state index in [1.165, 1.54) is 0 Å². The number of piperazine rings is 1. The Morgan fingerprint density at radius 3 is 2.77 bits per heavy atom. The van der Waals surface area contributed by atoms with Gasteiger partial charge in [0.25, 0.3) is 0 Å². The molecule has 1 saturated carbocycles. The van der Waals surface area contributed by atoms with Crippen LogP contribution in [0.3, 0.4) is 0 Å². The Balaban J connectivity index is 1.33. The minimum absolute atomic E-state index is 0.0416. The van der Waals surface area contributed by atoms with E-state index < -0.39 is 0 Å². The number of nitrogens with zero attached hydrogens (tertiary/aromatic N) is 3. The molecular weight excluding hydrogens is 398 g/mol. The first-order valence-corrected chi connectivity index (χ1v) is 12.3. The number of rotatable bonds is 6. The van der Waals surface area contributed by atoms with Crippen LogP contribution in [0.4, 0.5) is 0 Å². The normalized spacial score (nSPS) is 31.8. The molecule has 1 aromatic heterocycles. The summed E-state index contributed by atoms with van der Waals surface area (Å²) < 4.78 is 2.07. The van der Waals surface area contributed by atoms with Crippen molar-refractivity contribution in [1.82, 2.24) is 25.1 Å². The Labute approximate surface area is 183 Å². The number of nitrogens with one attached hydrogen (secondary N) is 2. The van der Waals surface area contributed by atoms with E-state index in [2.05, 4.69) is 34.0 Å². The second kappa shape index (κ2) is 9.30. The van der Waals surface area contributed by atoms with Gasteiger partial charge in [-0.1, -0.05) is 25.6 Å². The average molecular weight is 434 g/mol. The van der Waals surface area contributed by atoms with Crippen molar-refractivity contribution < 1.29 is 9.59 Å². The van der Waals surface area contributed by atoms with Crippen LogP contribution in [0.2, 0.25) is 0 Å². The molecule has 0 bridgehead atoms. The van der Waals surface area contributed by atoms with Gasteiger partial charge in [0.2, 0.25) is 11.8 Å². The maximum Gasteiger partial charge on any atom is 0.237 e. The number of aromatic nitrogens is 2. The van der Waals surface area contributed by atoms with Crippen LogP contribution in [0, 0.1) is 11.8 Å². The topological polar surface area (TPSA) is 79.3 Å². The Morgan fingerprint density at radius 1 is 1.33 bits per heavy atom. The first-order chi connectivity index (χ1) is 14.4. The molecule has 8 heteroatoms. The number of hydrogen-bond acceptors (Lipinski definition) is 5. The van der Waals surface area contributed by atoms with E-state index in [1.807, 2.05) is 36.1 Å². The molecule has 0 spiro atoms. The molecule has 2 aliphatic heterocycles. The Morgan fingerprint density at radius 2 is 2.10 bits per heavy atom. The molecule has 2 N–H and O–H groups in total. The molecule has 30 heavy (non-hydrogen) atoms. The van der Waals surface area contributed by atoms with Gasteiger partial charge in [-0.05, 0) is 44.4 Å². The SMILES string of the molecule is CC(C)C[C@@H]1[C@H](C(=O)NC2CCC(Sc3nccn3C)CC2)C[C@@H]2CNCC(=O)N21. The van der Waals surface area contributed by atoms with E-state index in [-0.39, 0.29) is 35.9 Å². The fraction of sp³-hybridized carbons (Fsp3) is 0.773. The molecule has 0 unspecified atom stereocenters. The predicted octanol–water partition coefficient (Wildman–Crippen LogP) is 2.17. The third-order valence-corrected chi connectivity index (χ3v) is 8.21. The molecule has 3 atom stereocenters. The number of hydrogen-bond donors (Lipinski definition) is 2. The molecule has 7 nitrogen and oxygen atoms in total. The Kier molecular flexibility index (Phi) is 6.72. The molecule has 2 amide bonds. The van der Waals surface area contributed by atoms with Crippen molar-refractivity contribution >= 4 is 23.6 Å². The molecule has 3 heterocycles. The highest BCUT2D eigenvalue weighted by molar-refractivity contribution is 7.99. The lowest BCUT2D eigenvalue weighted by atomic mass is 9.89. The number of carbonyl (C=O) groups is 2. The monoisotopic (exact) mass is 433 g/mol. The second-order valence-electron chi connectivity index (χ2n) is 9.55. The van der Waals surface area contributed by atoms with Gasteiger partial charge in [-0.15, -0.1) is 0 Å². The zero-order valence-corrected chi connectivity index (χ0v) is 19.2. The van der Waals surface area contributed by atoms with Crippen molar-refractivity contribution in [3.63, 3.8) is 0 Å². The largest absolute Gasteiger partial charge is 0.353 e. The molecule has 4 rings (SSSR count). The summed E-state index contributed by atoms with van der Waals surface area (Å²) in [4.78, 5) is 32.2. The average Bonchev–Trinajstić information content (AvgIpc) is 3.27. The number of carbonyl (C=O) groups excluding carboxylic acids is 2. The van der Waals surface area contributed by atoms with Crippen molar-refractivity contribution in [2.45, 2.75) is 80.9 Å². The first kappa shape index (κ1) is 21.7. The van der Waals surface area contributed by atoms with Gasteiger partial charge in [-0.3, -0.25) is 9.59 Å². The van der Waals surface area contributed by atoms with Crippen LogP contribution in [0.1, 0.15) is 52.4 Å². The number of imidazole rings is 1. The molecule has 1 aliphatic carbocycles. The quantitative estimate of drug-likeness (QED) is 0.719. The fourth-order valence-electron chi connectivity index (χ4n) is 5.33. The van der Waals surface area contributed by atoms with Crippen molar-refractivity contribution in [3.8, 4) is 0 Å². The number of amides is 2. The molecule has 0 radical (unpaired) electrons.